The first-order valence-corrected chi connectivity index (χ1v) is 11.6. The molecular weight excluding hydrogens is 490 g/mol. The van der Waals surface area contributed by atoms with E-state index in [0.717, 1.165) is 39.9 Å². The van der Waals surface area contributed by atoms with Crippen molar-refractivity contribution in [3.05, 3.63) is 93.7 Å². The summed E-state index contributed by atoms with van der Waals surface area (Å²) in [7, 11) is 0. The van der Waals surface area contributed by atoms with Gasteiger partial charge >= 0.3 is 0 Å². The van der Waals surface area contributed by atoms with Crippen molar-refractivity contribution in [3.8, 4) is 5.75 Å². The molecule has 0 atom stereocenters. The van der Waals surface area contributed by atoms with E-state index in [0.29, 0.717) is 30.3 Å². The summed E-state index contributed by atoms with van der Waals surface area (Å²) in [4.78, 5) is 17.1. The number of para-hydroxylation sites is 2. The number of nitrogens with one attached hydrogen (secondary N) is 1. The zero-order valence-electron chi connectivity index (χ0n) is 17.4. The van der Waals surface area contributed by atoms with E-state index in [9.17, 15) is 4.79 Å². The van der Waals surface area contributed by atoms with E-state index in [1.54, 1.807) is 12.1 Å². The molecule has 32 heavy (non-hydrogen) atoms. The summed E-state index contributed by atoms with van der Waals surface area (Å²) < 4.78 is 9.03. The number of hydrogen-bond acceptors (Lipinski definition) is 3. The molecule has 1 amide bonds. The maximum atomic E-state index is 12.3. The number of hydrogen-bond donors (Lipinski definition) is 1. The van der Waals surface area contributed by atoms with E-state index in [2.05, 4.69) is 31.9 Å². The van der Waals surface area contributed by atoms with Crippen molar-refractivity contribution in [1.29, 1.82) is 0 Å². The summed E-state index contributed by atoms with van der Waals surface area (Å²) >= 11 is 9.32. The monoisotopic (exact) mass is 511 g/mol. The zero-order valence-corrected chi connectivity index (χ0v) is 19.8. The van der Waals surface area contributed by atoms with Crippen LogP contribution >= 0.6 is 27.5 Å². The topological polar surface area (TPSA) is 56.2 Å². The van der Waals surface area contributed by atoms with Crippen molar-refractivity contribution in [2.45, 2.75) is 19.4 Å². The molecule has 0 fully saturated rings. The lowest BCUT2D eigenvalue weighted by molar-refractivity contribution is 0.0953. The van der Waals surface area contributed by atoms with Crippen molar-refractivity contribution in [2.75, 3.05) is 13.2 Å². The van der Waals surface area contributed by atoms with Crippen LogP contribution in [0.3, 0.4) is 0 Å². The first-order chi connectivity index (χ1) is 15.6. The van der Waals surface area contributed by atoms with Crippen LogP contribution in [0.15, 0.2) is 77.3 Å². The van der Waals surface area contributed by atoms with Crippen molar-refractivity contribution in [1.82, 2.24) is 14.9 Å². The smallest absolute Gasteiger partial charge is 0.251 e. The number of nitrogens with zero attached hydrogens (tertiary/aromatic N) is 2. The molecule has 4 aromatic rings. The lowest BCUT2D eigenvalue weighted by Gasteiger charge is -2.11. The fourth-order valence-electron chi connectivity index (χ4n) is 3.50. The Balaban J connectivity index is 1.35. The third-order valence-electron chi connectivity index (χ3n) is 5.10. The normalized spacial score (nSPS) is 10.9. The summed E-state index contributed by atoms with van der Waals surface area (Å²) in [6.07, 6.45) is 1.56. The van der Waals surface area contributed by atoms with Gasteiger partial charge in [-0.2, -0.15) is 0 Å². The second-order valence-corrected chi connectivity index (χ2v) is 8.69. The van der Waals surface area contributed by atoms with Crippen molar-refractivity contribution < 1.29 is 9.53 Å². The van der Waals surface area contributed by atoms with Gasteiger partial charge in [-0.05, 0) is 67.1 Å². The lowest BCUT2D eigenvalue weighted by atomic mass is 10.2. The van der Waals surface area contributed by atoms with Gasteiger partial charge in [0, 0.05) is 28.0 Å². The van der Waals surface area contributed by atoms with Gasteiger partial charge in [0.1, 0.15) is 18.2 Å². The molecule has 1 N–H and O–H groups in total. The molecule has 0 aliphatic heterocycles. The van der Waals surface area contributed by atoms with Crippen LogP contribution in [0.4, 0.5) is 0 Å². The van der Waals surface area contributed by atoms with E-state index < -0.39 is 0 Å². The fraction of sp³-hybridized carbons (Fsp3) is 0.200. The summed E-state index contributed by atoms with van der Waals surface area (Å²) in [5, 5.41) is 3.67. The fourth-order valence-corrected chi connectivity index (χ4v) is 3.89. The number of halogens is 2. The third-order valence-corrected chi connectivity index (χ3v) is 5.88. The summed E-state index contributed by atoms with van der Waals surface area (Å²) in [5.41, 5.74) is 2.70. The molecular formula is C25H23BrClN3O2. The molecule has 4 rings (SSSR count). The van der Waals surface area contributed by atoms with Crippen LogP contribution in [0.2, 0.25) is 5.02 Å². The number of carbonyl (C=O) groups is 1. The molecule has 1 aromatic heterocycles. The minimum Gasteiger partial charge on any atom is -0.492 e. The van der Waals surface area contributed by atoms with Gasteiger partial charge in [0.2, 0.25) is 0 Å². The van der Waals surface area contributed by atoms with Crippen LogP contribution in [-0.2, 0) is 13.0 Å². The maximum absolute atomic E-state index is 12.3. The van der Waals surface area contributed by atoms with Gasteiger partial charge in [-0.25, -0.2) is 4.98 Å². The predicted molar refractivity (Wildman–Crippen MR) is 131 cm³/mol. The quantitative estimate of drug-likeness (QED) is 0.284. The Morgan fingerprint density at radius 2 is 1.78 bits per heavy atom. The Morgan fingerprint density at radius 1 is 1.03 bits per heavy atom. The largest absolute Gasteiger partial charge is 0.492 e. The van der Waals surface area contributed by atoms with Crippen LogP contribution < -0.4 is 10.1 Å². The second kappa shape index (κ2) is 10.7. The van der Waals surface area contributed by atoms with E-state index in [1.165, 1.54) is 0 Å². The molecule has 0 radical (unpaired) electrons. The highest BCUT2D eigenvalue weighted by Crippen LogP contribution is 2.19. The van der Waals surface area contributed by atoms with Gasteiger partial charge in [0.05, 0.1) is 17.6 Å². The Kier molecular flexibility index (Phi) is 7.45. The predicted octanol–water partition coefficient (Wildman–Crippen LogP) is 5.89. The Morgan fingerprint density at radius 3 is 2.56 bits per heavy atom. The van der Waals surface area contributed by atoms with Crippen LogP contribution in [-0.4, -0.2) is 28.6 Å². The Hall–Kier alpha value is -2.83. The molecule has 0 aliphatic rings. The van der Waals surface area contributed by atoms with Gasteiger partial charge in [-0.3, -0.25) is 4.79 Å². The van der Waals surface area contributed by atoms with Gasteiger partial charge in [0.15, 0.2) is 0 Å². The first-order valence-electron chi connectivity index (χ1n) is 10.5. The van der Waals surface area contributed by atoms with E-state index in [1.807, 2.05) is 54.6 Å². The summed E-state index contributed by atoms with van der Waals surface area (Å²) in [6.45, 7) is 1.79. The SMILES string of the molecule is O=C(NCCCc1nc2ccccc2n1CCOc1ccc(Cl)cc1)c1ccc(Br)cc1. The molecule has 5 nitrogen and oxygen atoms in total. The minimum atomic E-state index is -0.0673. The number of rotatable bonds is 9. The number of aromatic nitrogens is 2. The number of carbonyl (C=O) groups excluding carboxylic acids is 1. The molecule has 0 aliphatic carbocycles. The van der Waals surface area contributed by atoms with Gasteiger partial charge in [-0.1, -0.05) is 39.7 Å². The first kappa shape index (κ1) is 22.4. The Bertz CT molecular complexity index is 1190. The van der Waals surface area contributed by atoms with Crippen LogP contribution in [0.5, 0.6) is 5.75 Å². The molecule has 0 saturated heterocycles. The highest BCUT2D eigenvalue weighted by Gasteiger charge is 2.11. The van der Waals surface area contributed by atoms with Crippen molar-refractivity contribution in [3.63, 3.8) is 0 Å². The summed E-state index contributed by atoms with van der Waals surface area (Å²) in [6, 6.07) is 22.8. The van der Waals surface area contributed by atoms with Crippen LogP contribution in [0.1, 0.15) is 22.6 Å². The number of fused-ring (bicyclic) bond motifs is 1. The zero-order chi connectivity index (χ0) is 22.3. The lowest BCUT2D eigenvalue weighted by Crippen LogP contribution is -2.25. The minimum absolute atomic E-state index is 0.0673. The number of aryl methyl sites for hydroxylation is 1. The van der Waals surface area contributed by atoms with E-state index in [-0.39, 0.29) is 5.91 Å². The van der Waals surface area contributed by atoms with Crippen molar-refractivity contribution in [2.24, 2.45) is 0 Å². The number of imidazole rings is 1. The van der Waals surface area contributed by atoms with Gasteiger partial charge < -0.3 is 14.6 Å². The molecule has 0 saturated carbocycles. The molecule has 0 bridgehead atoms. The Labute approximate surface area is 200 Å². The molecule has 1 heterocycles. The number of benzene rings is 3. The van der Waals surface area contributed by atoms with Crippen LogP contribution in [0.25, 0.3) is 11.0 Å². The molecule has 164 valence electrons. The van der Waals surface area contributed by atoms with Gasteiger partial charge in [-0.15, -0.1) is 0 Å². The molecule has 0 unspecified atom stereocenters. The van der Waals surface area contributed by atoms with Crippen molar-refractivity contribution >= 4 is 44.5 Å². The average Bonchev–Trinajstić information content (AvgIpc) is 3.16. The van der Waals surface area contributed by atoms with E-state index in [4.69, 9.17) is 21.3 Å². The summed E-state index contributed by atoms with van der Waals surface area (Å²) in [5.74, 6) is 1.71. The molecule has 0 spiro atoms. The third kappa shape index (κ3) is 5.69. The highest BCUT2D eigenvalue weighted by molar-refractivity contribution is 9.10. The highest BCUT2D eigenvalue weighted by atomic mass is 79.9. The van der Waals surface area contributed by atoms with Gasteiger partial charge in [0.25, 0.3) is 5.91 Å². The average molecular weight is 513 g/mol. The maximum Gasteiger partial charge on any atom is 0.251 e. The molecule has 3 aromatic carbocycles. The van der Waals surface area contributed by atoms with Crippen LogP contribution in [0, 0.1) is 0 Å². The standard InChI is InChI=1S/C25H23BrClN3O2/c26-19-9-7-18(8-10-19)25(31)28-15-3-6-24-29-22-4-1-2-5-23(22)30(24)16-17-32-21-13-11-20(27)12-14-21/h1-2,4-5,7-14H,3,6,15-17H2,(H,28,31). The van der Waals surface area contributed by atoms with E-state index >= 15 is 0 Å². The number of ether oxygens (including phenoxy) is 1. The molecule has 7 heteroatoms. The second-order valence-electron chi connectivity index (χ2n) is 7.34. The number of amides is 1.